The minimum absolute atomic E-state index is 0.0475. The molecule has 1 aliphatic carbocycles. The summed E-state index contributed by atoms with van der Waals surface area (Å²) in [5, 5.41) is 11.6. The Balaban J connectivity index is 1.62. The fourth-order valence-electron chi connectivity index (χ4n) is 5.21. The SMILES string of the molecule is COc1ccc(N(C(=O)Cn2nnc3ccccc32)C(C(=O)NC2CCCC2)c2ccc(OC)cc2OC)cc1. The topological polar surface area (TPSA) is 108 Å². The van der Waals surface area contributed by atoms with Crippen LogP contribution in [0.15, 0.2) is 66.7 Å². The van der Waals surface area contributed by atoms with Gasteiger partial charge in [-0.3, -0.25) is 14.5 Å². The predicted octanol–water partition coefficient (Wildman–Crippen LogP) is 4.29. The summed E-state index contributed by atoms with van der Waals surface area (Å²) >= 11 is 0. The van der Waals surface area contributed by atoms with Crippen molar-refractivity contribution in [3.63, 3.8) is 0 Å². The monoisotopic (exact) mass is 543 g/mol. The van der Waals surface area contributed by atoms with E-state index >= 15 is 0 Å². The smallest absolute Gasteiger partial charge is 0.249 e. The van der Waals surface area contributed by atoms with Crippen LogP contribution in [0.4, 0.5) is 5.69 Å². The van der Waals surface area contributed by atoms with Crippen LogP contribution in [0.3, 0.4) is 0 Å². The summed E-state index contributed by atoms with van der Waals surface area (Å²) in [5.74, 6) is 1.01. The van der Waals surface area contributed by atoms with Crippen LogP contribution < -0.4 is 24.4 Å². The Kier molecular flexibility index (Phi) is 8.14. The molecule has 5 rings (SSSR count). The lowest BCUT2D eigenvalue weighted by Gasteiger charge is -2.33. The number of nitrogens with one attached hydrogen (secondary N) is 1. The fraction of sp³-hybridized carbons (Fsp3) is 0.333. The van der Waals surface area contributed by atoms with Gasteiger partial charge >= 0.3 is 0 Å². The minimum atomic E-state index is -1.03. The van der Waals surface area contributed by atoms with E-state index in [9.17, 15) is 9.59 Å². The highest BCUT2D eigenvalue weighted by Gasteiger charge is 2.36. The quantitative estimate of drug-likeness (QED) is 0.318. The van der Waals surface area contributed by atoms with E-state index in [1.54, 1.807) is 61.4 Å². The molecule has 4 aromatic rings. The maximum absolute atomic E-state index is 14.2. The molecule has 40 heavy (non-hydrogen) atoms. The molecule has 208 valence electrons. The number of fused-ring (bicyclic) bond motifs is 1. The molecule has 10 heteroatoms. The predicted molar refractivity (Wildman–Crippen MR) is 151 cm³/mol. The van der Waals surface area contributed by atoms with Gasteiger partial charge in [0, 0.05) is 23.4 Å². The lowest BCUT2D eigenvalue weighted by molar-refractivity contribution is -0.127. The maximum Gasteiger partial charge on any atom is 0.249 e. The average Bonchev–Trinajstić information content (AvgIpc) is 3.65. The van der Waals surface area contributed by atoms with Crippen LogP contribution >= 0.6 is 0 Å². The van der Waals surface area contributed by atoms with Gasteiger partial charge in [-0.1, -0.05) is 30.2 Å². The van der Waals surface area contributed by atoms with Crippen molar-refractivity contribution < 1.29 is 23.8 Å². The fourth-order valence-corrected chi connectivity index (χ4v) is 5.21. The molecule has 1 aromatic heterocycles. The van der Waals surface area contributed by atoms with Crippen molar-refractivity contribution >= 4 is 28.5 Å². The number of carbonyl (C=O) groups is 2. The summed E-state index contributed by atoms with van der Waals surface area (Å²) < 4.78 is 18.0. The number of benzene rings is 3. The molecule has 1 heterocycles. The number of anilines is 1. The molecular weight excluding hydrogens is 510 g/mol. The van der Waals surface area contributed by atoms with E-state index in [2.05, 4.69) is 15.6 Å². The van der Waals surface area contributed by atoms with Gasteiger partial charge in [0.2, 0.25) is 11.8 Å². The van der Waals surface area contributed by atoms with Crippen molar-refractivity contribution in [2.75, 3.05) is 26.2 Å². The highest BCUT2D eigenvalue weighted by Crippen LogP contribution is 2.37. The second-order valence-electron chi connectivity index (χ2n) is 9.70. The largest absolute Gasteiger partial charge is 0.497 e. The van der Waals surface area contributed by atoms with Crippen molar-refractivity contribution in [3.05, 3.63) is 72.3 Å². The Labute approximate surface area is 232 Å². The highest BCUT2D eigenvalue weighted by atomic mass is 16.5. The number of amides is 2. The van der Waals surface area contributed by atoms with Crippen molar-refractivity contribution in [2.45, 2.75) is 44.3 Å². The number of nitrogens with zero attached hydrogens (tertiary/aromatic N) is 4. The van der Waals surface area contributed by atoms with E-state index in [0.717, 1.165) is 31.2 Å². The molecule has 0 aliphatic heterocycles. The van der Waals surface area contributed by atoms with E-state index in [-0.39, 0.29) is 24.4 Å². The van der Waals surface area contributed by atoms with Gasteiger partial charge in [0.25, 0.3) is 0 Å². The van der Waals surface area contributed by atoms with Crippen LogP contribution in [-0.2, 0) is 16.1 Å². The number of carbonyl (C=O) groups excluding carboxylic acids is 2. The Morgan fingerprint density at radius 3 is 2.35 bits per heavy atom. The molecule has 0 spiro atoms. The molecule has 1 aliphatic rings. The third-order valence-electron chi connectivity index (χ3n) is 7.27. The van der Waals surface area contributed by atoms with Crippen LogP contribution in [-0.4, -0.2) is 54.2 Å². The summed E-state index contributed by atoms with van der Waals surface area (Å²) in [6, 6.07) is 18.7. The Bertz CT molecular complexity index is 1480. The van der Waals surface area contributed by atoms with E-state index < -0.39 is 6.04 Å². The van der Waals surface area contributed by atoms with Gasteiger partial charge in [-0.25, -0.2) is 4.68 Å². The first-order valence-corrected chi connectivity index (χ1v) is 13.3. The van der Waals surface area contributed by atoms with Gasteiger partial charge in [-0.2, -0.15) is 0 Å². The van der Waals surface area contributed by atoms with E-state index in [1.165, 1.54) is 12.0 Å². The van der Waals surface area contributed by atoms with Crippen LogP contribution in [0.5, 0.6) is 17.2 Å². The number of hydrogen-bond acceptors (Lipinski definition) is 7. The number of methoxy groups -OCH3 is 3. The van der Waals surface area contributed by atoms with Crippen LogP contribution in [0.25, 0.3) is 11.0 Å². The van der Waals surface area contributed by atoms with E-state index in [0.29, 0.717) is 34.0 Å². The van der Waals surface area contributed by atoms with Crippen molar-refractivity contribution in [2.24, 2.45) is 0 Å². The first-order chi connectivity index (χ1) is 19.5. The number of para-hydroxylation sites is 1. The summed E-state index contributed by atoms with van der Waals surface area (Å²) in [5.41, 5.74) is 2.46. The zero-order valence-corrected chi connectivity index (χ0v) is 22.9. The van der Waals surface area contributed by atoms with Gasteiger partial charge in [-0.15, -0.1) is 5.10 Å². The summed E-state index contributed by atoms with van der Waals surface area (Å²) in [4.78, 5) is 29.9. The van der Waals surface area contributed by atoms with Crippen LogP contribution in [0.1, 0.15) is 37.3 Å². The second-order valence-corrected chi connectivity index (χ2v) is 9.70. The molecule has 1 unspecified atom stereocenters. The van der Waals surface area contributed by atoms with Gasteiger partial charge in [-0.05, 0) is 61.4 Å². The zero-order valence-electron chi connectivity index (χ0n) is 22.9. The molecule has 0 radical (unpaired) electrons. The highest BCUT2D eigenvalue weighted by molar-refractivity contribution is 6.02. The lowest BCUT2D eigenvalue weighted by atomic mass is 10.0. The second kappa shape index (κ2) is 12.1. The first-order valence-electron chi connectivity index (χ1n) is 13.3. The minimum Gasteiger partial charge on any atom is -0.497 e. The average molecular weight is 544 g/mol. The van der Waals surface area contributed by atoms with Crippen LogP contribution in [0, 0.1) is 0 Å². The molecule has 3 aromatic carbocycles. The number of rotatable bonds is 10. The molecule has 1 saturated carbocycles. The van der Waals surface area contributed by atoms with Crippen molar-refractivity contribution in [1.29, 1.82) is 0 Å². The zero-order chi connectivity index (χ0) is 28.1. The molecule has 0 bridgehead atoms. The molecule has 1 atom stereocenters. The molecule has 1 N–H and O–H groups in total. The first kappa shape index (κ1) is 27.0. The van der Waals surface area contributed by atoms with Crippen molar-refractivity contribution in [1.82, 2.24) is 20.3 Å². The number of ether oxygens (including phenoxy) is 3. The lowest BCUT2D eigenvalue weighted by Crippen LogP contribution is -2.47. The normalized spacial score (nSPS) is 14.1. The Morgan fingerprint density at radius 1 is 0.950 bits per heavy atom. The Morgan fingerprint density at radius 2 is 1.65 bits per heavy atom. The van der Waals surface area contributed by atoms with Crippen molar-refractivity contribution in [3.8, 4) is 17.2 Å². The van der Waals surface area contributed by atoms with E-state index in [1.807, 2.05) is 24.3 Å². The third kappa shape index (κ3) is 5.56. The molecule has 0 saturated heterocycles. The summed E-state index contributed by atoms with van der Waals surface area (Å²) in [6.07, 6.45) is 3.92. The van der Waals surface area contributed by atoms with Gasteiger partial charge in [0.1, 0.15) is 35.4 Å². The molecule has 1 fully saturated rings. The standard InChI is InChI=1S/C30H33N5O5/c1-38-22-14-12-21(13-15-22)35(28(36)19-34-26-11-7-6-10-25(26)32-33-34)29(30(37)31-20-8-4-5-9-20)24-17-16-23(39-2)18-27(24)40-3/h6-7,10-18,20,29H,4-5,8-9,19H2,1-3H3,(H,31,37). The van der Waals surface area contributed by atoms with Crippen LogP contribution in [0.2, 0.25) is 0 Å². The maximum atomic E-state index is 14.2. The third-order valence-corrected chi connectivity index (χ3v) is 7.27. The summed E-state index contributed by atoms with van der Waals surface area (Å²) in [6.45, 7) is -0.127. The molecule has 10 nitrogen and oxygen atoms in total. The molecular formula is C30H33N5O5. The number of aromatic nitrogens is 3. The Hall–Kier alpha value is -4.60. The summed E-state index contributed by atoms with van der Waals surface area (Å²) in [7, 11) is 4.67. The number of hydrogen-bond donors (Lipinski definition) is 1. The van der Waals surface area contributed by atoms with Gasteiger partial charge in [0.05, 0.1) is 26.8 Å². The van der Waals surface area contributed by atoms with E-state index in [4.69, 9.17) is 14.2 Å². The van der Waals surface area contributed by atoms with Gasteiger partial charge in [0.15, 0.2) is 0 Å². The van der Waals surface area contributed by atoms with Gasteiger partial charge < -0.3 is 19.5 Å². The molecule has 2 amide bonds.